The zero-order chi connectivity index (χ0) is 13.1. The highest BCUT2D eigenvalue weighted by atomic mass is 32.2. The first-order valence-corrected chi connectivity index (χ1v) is 7.22. The fourth-order valence-electron chi connectivity index (χ4n) is 2.05. The van der Waals surface area contributed by atoms with Crippen LogP contribution in [0.15, 0.2) is 35.4 Å². The minimum Gasteiger partial charge on any atom is -0.312 e. The van der Waals surface area contributed by atoms with Gasteiger partial charge >= 0.3 is 0 Å². The lowest BCUT2D eigenvalue weighted by Crippen LogP contribution is -2.25. The van der Waals surface area contributed by atoms with Crippen molar-refractivity contribution in [2.24, 2.45) is 0 Å². The highest BCUT2D eigenvalue weighted by Crippen LogP contribution is 2.22. The lowest BCUT2D eigenvalue weighted by molar-refractivity contribution is 0.622. The van der Waals surface area contributed by atoms with Crippen LogP contribution in [0.2, 0.25) is 0 Å². The minimum atomic E-state index is -0.206. The number of rotatable bonds is 3. The maximum Gasteiger partial charge on any atom is 0.138 e. The Morgan fingerprint density at radius 1 is 1.37 bits per heavy atom. The van der Waals surface area contributed by atoms with Crippen molar-refractivity contribution in [3.8, 4) is 0 Å². The van der Waals surface area contributed by atoms with E-state index in [1.54, 1.807) is 17.8 Å². The Morgan fingerprint density at radius 3 is 3.21 bits per heavy atom. The Morgan fingerprint density at radius 2 is 2.32 bits per heavy atom. The van der Waals surface area contributed by atoms with E-state index in [0.29, 0.717) is 5.75 Å². The van der Waals surface area contributed by atoms with Crippen molar-refractivity contribution in [2.75, 3.05) is 6.54 Å². The van der Waals surface area contributed by atoms with Gasteiger partial charge in [0.2, 0.25) is 0 Å². The van der Waals surface area contributed by atoms with E-state index in [1.165, 1.54) is 17.7 Å². The third-order valence-corrected chi connectivity index (χ3v) is 4.01. The van der Waals surface area contributed by atoms with Gasteiger partial charge < -0.3 is 5.32 Å². The molecule has 2 heterocycles. The molecule has 0 saturated heterocycles. The molecule has 98 valence electrons. The van der Waals surface area contributed by atoms with Gasteiger partial charge in [-0.25, -0.2) is 14.4 Å². The van der Waals surface area contributed by atoms with Gasteiger partial charge in [-0.15, -0.1) is 11.8 Å². The number of aromatic nitrogens is 2. The average Bonchev–Trinajstić information content (AvgIpc) is 2.45. The van der Waals surface area contributed by atoms with Gasteiger partial charge in [0.15, 0.2) is 0 Å². The Hall–Kier alpha value is -1.46. The van der Waals surface area contributed by atoms with Gasteiger partial charge in [0.25, 0.3) is 0 Å². The molecule has 0 unspecified atom stereocenters. The predicted molar refractivity (Wildman–Crippen MR) is 73.4 cm³/mol. The van der Waals surface area contributed by atoms with Crippen LogP contribution in [0.1, 0.15) is 17.1 Å². The van der Waals surface area contributed by atoms with Gasteiger partial charge in [0, 0.05) is 41.9 Å². The van der Waals surface area contributed by atoms with E-state index in [-0.39, 0.29) is 5.82 Å². The molecule has 0 fully saturated rings. The highest BCUT2D eigenvalue weighted by molar-refractivity contribution is 7.98. The molecule has 0 spiro atoms. The number of thioether (sulfide) groups is 1. The molecule has 3 nitrogen and oxygen atoms in total. The summed E-state index contributed by atoms with van der Waals surface area (Å²) in [7, 11) is 0. The van der Waals surface area contributed by atoms with Crippen molar-refractivity contribution in [3.05, 3.63) is 53.4 Å². The molecule has 0 aliphatic carbocycles. The third kappa shape index (κ3) is 3.11. The van der Waals surface area contributed by atoms with Crippen LogP contribution >= 0.6 is 11.8 Å². The van der Waals surface area contributed by atoms with Crippen LogP contribution in [0.25, 0.3) is 0 Å². The number of hydrogen-bond donors (Lipinski definition) is 1. The second-order valence-electron chi connectivity index (χ2n) is 4.43. The van der Waals surface area contributed by atoms with E-state index in [2.05, 4.69) is 15.3 Å². The maximum absolute atomic E-state index is 13.1. The summed E-state index contributed by atoms with van der Waals surface area (Å²) in [6.45, 7) is 1.83. The fourth-order valence-corrected chi connectivity index (χ4v) is 2.86. The van der Waals surface area contributed by atoms with Gasteiger partial charge in [0.05, 0.1) is 5.75 Å². The number of nitrogens with one attached hydrogen (secondary N) is 1. The van der Waals surface area contributed by atoms with Crippen molar-refractivity contribution in [1.29, 1.82) is 0 Å². The smallest absolute Gasteiger partial charge is 0.138 e. The van der Waals surface area contributed by atoms with Crippen LogP contribution in [0, 0.1) is 5.82 Å². The van der Waals surface area contributed by atoms with E-state index in [4.69, 9.17) is 0 Å². The predicted octanol–water partition coefficient (Wildman–Crippen LogP) is 2.55. The Bertz CT molecular complexity index is 589. The van der Waals surface area contributed by atoms with E-state index in [9.17, 15) is 4.39 Å². The zero-order valence-electron chi connectivity index (χ0n) is 10.4. The molecular formula is C14H14FN3S. The van der Waals surface area contributed by atoms with Gasteiger partial charge in [0.1, 0.15) is 11.6 Å². The SMILES string of the molecule is Fc1cccc(SCc2ncc3c(n2)CCNC3)c1. The second-order valence-corrected chi connectivity index (χ2v) is 5.48. The Kier molecular flexibility index (Phi) is 3.75. The monoisotopic (exact) mass is 275 g/mol. The van der Waals surface area contributed by atoms with E-state index >= 15 is 0 Å². The summed E-state index contributed by atoms with van der Waals surface area (Å²) < 4.78 is 13.1. The number of nitrogens with zero attached hydrogens (tertiary/aromatic N) is 2. The van der Waals surface area contributed by atoms with Crippen LogP contribution < -0.4 is 5.32 Å². The van der Waals surface area contributed by atoms with Crippen LogP contribution in [0.3, 0.4) is 0 Å². The first-order valence-electron chi connectivity index (χ1n) is 6.24. The fraction of sp³-hybridized carbons (Fsp3) is 0.286. The normalized spacial score (nSPS) is 14.2. The molecule has 0 amide bonds. The molecule has 1 N–H and O–H groups in total. The first-order chi connectivity index (χ1) is 9.31. The molecular weight excluding hydrogens is 261 g/mol. The molecule has 2 aromatic rings. The number of hydrogen-bond acceptors (Lipinski definition) is 4. The largest absolute Gasteiger partial charge is 0.312 e. The molecule has 0 radical (unpaired) electrons. The second kappa shape index (κ2) is 5.67. The molecule has 1 aliphatic heterocycles. The Balaban J connectivity index is 1.70. The third-order valence-electron chi connectivity index (χ3n) is 3.02. The summed E-state index contributed by atoms with van der Waals surface area (Å²) in [5, 5.41) is 3.30. The minimum absolute atomic E-state index is 0.206. The van der Waals surface area contributed by atoms with Crippen molar-refractivity contribution >= 4 is 11.8 Å². The van der Waals surface area contributed by atoms with Gasteiger partial charge in [-0.1, -0.05) is 6.07 Å². The Labute approximate surface area is 115 Å². The van der Waals surface area contributed by atoms with E-state index in [1.807, 2.05) is 12.3 Å². The maximum atomic E-state index is 13.1. The van der Waals surface area contributed by atoms with Crippen LogP contribution in [0.4, 0.5) is 4.39 Å². The molecule has 1 aromatic carbocycles. The molecule has 0 saturated carbocycles. The van der Waals surface area contributed by atoms with Crippen molar-refractivity contribution in [2.45, 2.75) is 23.6 Å². The molecule has 5 heteroatoms. The summed E-state index contributed by atoms with van der Waals surface area (Å²) in [6, 6.07) is 6.60. The van der Waals surface area contributed by atoms with Crippen molar-refractivity contribution in [3.63, 3.8) is 0 Å². The highest BCUT2D eigenvalue weighted by Gasteiger charge is 2.11. The first kappa shape index (κ1) is 12.6. The zero-order valence-corrected chi connectivity index (χ0v) is 11.2. The van der Waals surface area contributed by atoms with Crippen molar-refractivity contribution < 1.29 is 4.39 Å². The van der Waals surface area contributed by atoms with Crippen LogP contribution in [-0.2, 0) is 18.7 Å². The standard InChI is InChI=1S/C14H14FN3S/c15-11-2-1-3-12(6-11)19-9-14-17-8-10-7-16-5-4-13(10)18-14/h1-3,6,8,16H,4-5,7,9H2. The van der Waals surface area contributed by atoms with Crippen LogP contribution in [0.5, 0.6) is 0 Å². The van der Waals surface area contributed by atoms with E-state index in [0.717, 1.165) is 35.9 Å². The quantitative estimate of drug-likeness (QED) is 0.874. The van der Waals surface area contributed by atoms with Gasteiger partial charge in [-0.05, 0) is 18.2 Å². The molecule has 1 aromatic heterocycles. The molecule has 0 atom stereocenters. The summed E-state index contributed by atoms with van der Waals surface area (Å²) in [6.07, 6.45) is 2.85. The lowest BCUT2D eigenvalue weighted by Gasteiger charge is -2.15. The van der Waals surface area contributed by atoms with Gasteiger partial charge in [-0.3, -0.25) is 0 Å². The number of fused-ring (bicyclic) bond motifs is 1. The van der Waals surface area contributed by atoms with E-state index < -0.39 is 0 Å². The summed E-state index contributed by atoms with van der Waals surface area (Å²) in [5.74, 6) is 1.28. The number of halogens is 1. The summed E-state index contributed by atoms with van der Waals surface area (Å²) >= 11 is 1.56. The van der Waals surface area contributed by atoms with Gasteiger partial charge in [-0.2, -0.15) is 0 Å². The molecule has 1 aliphatic rings. The van der Waals surface area contributed by atoms with Crippen molar-refractivity contribution in [1.82, 2.24) is 15.3 Å². The summed E-state index contributed by atoms with van der Waals surface area (Å²) in [4.78, 5) is 9.85. The lowest BCUT2D eigenvalue weighted by atomic mass is 10.1. The number of benzene rings is 1. The molecule has 19 heavy (non-hydrogen) atoms. The molecule has 3 rings (SSSR count). The molecule has 0 bridgehead atoms. The topological polar surface area (TPSA) is 37.8 Å². The summed E-state index contributed by atoms with van der Waals surface area (Å²) in [5.41, 5.74) is 2.33. The average molecular weight is 275 g/mol. The van der Waals surface area contributed by atoms with Crippen LogP contribution in [-0.4, -0.2) is 16.5 Å².